The largest absolute Gasteiger partial charge is 0.493 e. The lowest BCUT2D eigenvalue weighted by atomic mass is 10.2. The molecule has 0 radical (unpaired) electrons. The lowest BCUT2D eigenvalue weighted by molar-refractivity contribution is 0.355. The highest BCUT2D eigenvalue weighted by molar-refractivity contribution is 7.98. The van der Waals surface area contributed by atoms with Crippen LogP contribution in [0.3, 0.4) is 0 Å². The van der Waals surface area contributed by atoms with E-state index in [-0.39, 0.29) is 11.4 Å². The van der Waals surface area contributed by atoms with E-state index >= 15 is 0 Å². The van der Waals surface area contributed by atoms with E-state index in [0.29, 0.717) is 33.1 Å². The van der Waals surface area contributed by atoms with E-state index in [1.165, 1.54) is 16.4 Å². The predicted molar refractivity (Wildman–Crippen MR) is 125 cm³/mol. The van der Waals surface area contributed by atoms with E-state index in [0.717, 1.165) is 5.56 Å². The zero-order chi connectivity index (χ0) is 22.5. The van der Waals surface area contributed by atoms with E-state index < -0.39 is 0 Å². The number of hydrogen-bond donors (Lipinski definition) is 1. The van der Waals surface area contributed by atoms with Crippen molar-refractivity contribution in [1.29, 1.82) is 0 Å². The van der Waals surface area contributed by atoms with Crippen LogP contribution in [0.5, 0.6) is 11.5 Å². The van der Waals surface area contributed by atoms with Gasteiger partial charge in [0.2, 0.25) is 11.0 Å². The van der Waals surface area contributed by atoms with Crippen molar-refractivity contribution in [1.82, 2.24) is 19.5 Å². The van der Waals surface area contributed by atoms with Crippen molar-refractivity contribution in [3.63, 3.8) is 0 Å². The number of thioether (sulfide) groups is 1. The Morgan fingerprint density at radius 3 is 2.47 bits per heavy atom. The van der Waals surface area contributed by atoms with Crippen molar-refractivity contribution < 1.29 is 9.47 Å². The number of hydrogen-bond acceptors (Lipinski definition) is 7. The van der Waals surface area contributed by atoms with Gasteiger partial charge >= 0.3 is 5.56 Å². The number of aromatic nitrogens is 4. The second-order valence-corrected chi connectivity index (χ2v) is 7.94. The SMILES string of the molecule is COc1ccc(Nc2nnc(SCc3ccccc3Cl)n(-n3cccc3)c2=O)cc1OC. The van der Waals surface area contributed by atoms with E-state index in [1.807, 2.05) is 36.4 Å². The Labute approximate surface area is 193 Å². The first kappa shape index (κ1) is 21.8. The summed E-state index contributed by atoms with van der Waals surface area (Å²) in [5, 5.41) is 12.6. The molecule has 32 heavy (non-hydrogen) atoms. The third kappa shape index (κ3) is 4.58. The first-order valence-corrected chi connectivity index (χ1v) is 11.0. The molecule has 2 aromatic carbocycles. The zero-order valence-electron chi connectivity index (χ0n) is 17.4. The molecule has 0 saturated carbocycles. The third-order valence-electron chi connectivity index (χ3n) is 4.59. The number of methoxy groups -OCH3 is 2. The summed E-state index contributed by atoms with van der Waals surface area (Å²) in [5.41, 5.74) is 1.21. The summed E-state index contributed by atoms with van der Waals surface area (Å²) in [6.07, 6.45) is 3.53. The molecule has 8 nitrogen and oxygen atoms in total. The molecule has 0 unspecified atom stereocenters. The second-order valence-electron chi connectivity index (χ2n) is 6.59. The van der Waals surface area contributed by atoms with Crippen molar-refractivity contribution in [3.8, 4) is 11.5 Å². The van der Waals surface area contributed by atoms with Crippen LogP contribution < -0.4 is 20.3 Å². The predicted octanol–water partition coefficient (Wildman–Crippen LogP) is 4.46. The molecule has 10 heteroatoms. The smallest absolute Gasteiger partial charge is 0.316 e. The van der Waals surface area contributed by atoms with E-state index in [4.69, 9.17) is 21.1 Å². The lowest BCUT2D eigenvalue weighted by Crippen LogP contribution is -2.30. The van der Waals surface area contributed by atoms with Crippen LogP contribution in [0.15, 0.2) is 76.9 Å². The van der Waals surface area contributed by atoms with E-state index in [9.17, 15) is 4.79 Å². The number of halogens is 1. The van der Waals surface area contributed by atoms with E-state index in [2.05, 4.69) is 15.5 Å². The molecule has 0 spiro atoms. The van der Waals surface area contributed by atoms with Gasteiger partial charge in [-0.1, -0.05) is 41.6 Å². The first-order valence-electron chi connectivity index (χ1n) is 9.59. The van der Waals surface area contributed by atoms with Crippen LogP contribution in [0, 0.1) is 0 Å². The Kier molecular flexibility index (Phi) is 6.67. The molecule has 4 aromatic rings. The van der Waals surface area contributed by atoms with Gasteiger partial charge in [0, 0.05) is 34.9 Å². The van der Waals surface area contributed by atoms with Crippen molar-refractivity contribution in [3.05, 3.63) is 87.9 Å². The first-order chi connectivity index (χ1) is 15.6. The van der Waals surface area contributed by atoms with Gasteiger partial charge < -0.3 is 14.8 Å². The summed E-state index contributed by atoms with van der Waals surface area (Å²) in [4.78, 5) is 13.3. The molecule has 0 aliphatic heterocycles. The van der Waals surface area contributed by atoms with Crippen molar-refractivity contribution in [2.24, 2.45) is 0 Å². The van der Waals surface area contributed by atoms with Crippen LogP contribution in [0.25, 0.3) is 0 Å². The zero-order valence-corrected chi connectivity index (χ0v) is 18.9. The van der Waals surface area contributed by atoms with Crippen LogP contribution in [0.2, 0.25) is 5.02 Å². The lowest BCUT2D eigenvalue weighted by Gasteiger charge is -2.14. The highest BCUT2D eigenvalue weighted by Gasteiger charge is 2.16. The number of anilines is 2. The molecule has 4 rings (SSSR count). The van der Waals surface area contributed by atoms with Crippen molar-refractivity contribution in [2.45, 2.75) is 10.9 Å². The quantitative estimate of drug-likeness (QED) is 0.381. The summed E-state index contributed by atoms with van der Waals surface area (Å²) in [6.45, 7) is 0. The maximum absolute atomic E-state index is 13.3. The third-order valence-corrected chi connectivity index (χ3v) is 5.93. The molecule has 1 N–H and O–H groups in total. The normalized spacial score (nSPS) is 10.7. The monoisotopic (exact) mass is 469 g/mol. The molecule has 0 saturated heterocycles. The van der Waals surface area contributed by atoms with Gasteiger partial charge in [-0.25, -0.2) is 0 Å². The van der Waals surface area contributed by atoms with Gasteiger partial charge in [0.05, 0.1) is 14.2 Å². The fourth-order valence-corrected chi connectivity index (χ4v) is 4.22. The number of nitrogens with one attached hydrogen (secondary N) is 1. The molecule has 0 aliphatic carbocycles. The molecule has 164 valence electrons. The van der Waals surface area contributed by atoms with Crippen molar-refractivity contribution in [2.75, 3.05) is 19.5 Å². The van der Waals surface area contributed by atoms with Crippen LogP contribution in [-0.2, 0) is 5.75 Å². The summed E-state index contributed by atoms with van der Waals surface area (Å²) in [7, 11) is 3.11. The number of nitrogens with zero attached hydrogens (tertiary/aromatic N) is 4. The fraction of sp³-hybridized carbons (Fsp3) is 0.136. The fourth-order valence-electron chi connectivity index (χ4n) is 3.00. The number of benzene rings is 2. The van der Waals surface area contributed by atoms with Crippen LogP contribution in [0.1, 0.15) is 5.56 Å². The standard InChI is InChI=1S/C22H20ClN5O3S/c1-30-18-10-9-16(13-19(18)31-2)24-20-21(29)28(27-11-5-6-12-27)22(26-25-20)32-14-15-7-3-4-8-17(15)23/h3-13H,14H2,1-2H3,(H,24,25). The molecular formula is C22H20ClN5O3S. The molecule has 0 atom stereocenters. The Hall–Kier alpha value is -3.43. The van der Waals surface area contributed by atoms with Gasteiger partial charge in [-0.2, -0.15) is 4.68 Å². The van der Waals surface area contributed by atoms with Gasteiger partial charge in [0.25, 0.3) is 0 Å². The average Bonchev–Trinajstić information content (AvgIpc) is 3.34. The van der Waals surface area contributed by atoms with Gasteiger partial charge in [-0.3, -0.25) is 9.47 Å². The molecule has 2 aromatic heterocycles. The highest BCUT2D eigenvalue weighted by Crippen LogP contribution is 2.30. The maximum atomic E-state index is 13.3. The molecular weight excluding hydrogens is 450 g/mol. The Bertz CT molecular complexity index is 1280. The van der Waals surface area contributed by atoms with Crippen molar-refractivity contribution >= 4 is 34.9 Å². The van der Waals surface area contributed by atoms with Gasteiger partial charge in [0.1, 0.15) is 0 Å². The minimum absolute atomic E-state index is 0.0769. The number of ether oxygens (including phenoxy) is 2. The minimum Gasteiger partial charge on any atom is -0.493 e. The average molecular weight is 470 g/mol. The van der Waals surface area contributed by atoms with Crippen LogP contribution in [-0.4, -0.2) is 33.8 Å². The van der Waals surface area contributed by atoms with Gasteiger partial charge in [0.15, 0.2) is 11.5 Å². The Balaban J connectivity index is 1.68. The van der Waals surface area contributed by atoms with Crippen LogP contribution in [0.4, 0.5) is 11.5 Å². The Morgan fingerprint density at radius 1 is 1.00 bits per heavy atom. The summed E-state index contributed by atoms with van der Waals surface area (Å²) < 4.78 is 13.7. The minimum atomic E-state index is -0.354. The molecule has 0 bridgehead atoms. The molecule has 0 amide bonds. The molecule has 2 heterocycles. The second kappa shape index (κ2) is 9.80. The molecule has 0 fully saturated rings. The maximum Gasteiger partial charge on any atom is 0.316 e. The highest BCUT2D eigenvalue weighted by atomic mass is 35.5. The van der Waals surface area contributed by atoms with E-state index in [1.54, 1.807) is 49.5 Å². The summed E-state index contributed by atoms with van der Waals surface area (Å²) in [6, 6.07) is 16.5. The van der Waals surface area contributed by atoms with Gasteiger partial charge in [-0.05, 0) is 35.9 Å². The topological polar surface area (TPSA) is 83.2 Å². The Morgan fingerprint density at radius 2 is 1.75 bits per heavy atom. The molecule has 0 aliphatic rings. The van der Waals surface area contributed by atoms with Gasteiger partial charge in [-0.15, -0.1) is 10.2 Å². The summed E-state index contributed by atoms with van der Waals surface area (Å²) in [5.74, 6) is 1.73. The summed E-state index contributed by atoms with van der Waals surface area (Å²) >= 11 is 7.64. The van der Waals surface area contributed by atoms with Crippen LogP contribution >= 0.6 is 23.4 Å². The number of rotatable bonds is 8.